The van der Waals surface area contributed by atoms with E-state index in [1.807, 2.05) is 38.1 Å². The van der Waals surface area contributed by atoms with Gasteiger partial charge in [-0.2, -0.15) is 5.10 Å². The Morgan fingerprint density at radius 1 is 1.22 bits per heavy atom. The van der Waals surface area contributed by atoms with Crippen LogP contribution in [0.4, 0.5) is 4.39 Å². The molecule has 0 spiro atoms. The van der Waals surface area contributed by atoms with Gasteiger partial charge in [0.05, 0.1) is 17.6 Å². The van der Waals surface area contributed by atoms with E-state index in [0.29, 0.717) is 11.6 Å². The number of carbonyl (C=O) groups excluding carboxylic acids is 1. The highest BCUT2D eigenvalue weighted by molar-refractivity contribution is 8.15. The molecule has 3 rings (SSSR count). The Kier molecular flexibility index (Phi) is 6.24. The summed E-state index contributed by atoms with van der Waals surface area (Å²) in [5, 5.41) is 11.0. The standard InChI is InChI=1S/C20H20FN3O2S/c1-13(2)26-17-6-4-3-5-15(17)12-22-24-20-23-19(25)18(27-20)11-14-7-9-16(21)10-8-14/h3-10,12-13,18H,11H2,1-2H3,(H,23,24,25)/b22-12+. The van der Waals surface area contributed by atoms with E-state index < -0.39 is 0 Å². The Bertz CT molecular complexity index is 866. The predicted molar refractivity (Wildman–Crippen MR) is 107 cm³/mol. The number of hydrogen-bond acceptors (Lipinski definition) is 5. The molecule has 1 aliphatic rings. The minimum atomic E-state index is -0.305. The quantitative estimate of drug-likeness (QED) is 0.608. The van der Waals surface area contributed by atoms with Gasteiger partial charge in [0, 0.05) is 5.56 Å². The molecule has 2 aromatic rings. The van der Waals surface area contributed by atoms with Crippen molar-refractivity contribution in [3.05, 3.63) is 65.5 Å². The molecule has 1 atom stereocenters. The van der Waals surface area contributed by atoms with Crippen LogP contribution in [0.5, 0.6) is 5.75 Å². The fraction of sp³-hybridized carbons (Fsp3) is 0.250. The average Bonchev–Trinajstić information content (AvgIpc) is 2.97. The molecule has 0 radical (unpaired) electrons. The molecule has 140 valence electrons. The van der Waals surface area contributed by atoms with Gasteiger partial charge in [-0.05, 0) is 50.1 Å². The molecule has 1 saturated heterocycles. The molecule has 0 aliphatic carbocycles. The van der Waals surface area contributed by atoms with Gasteiger partial charge in [-0.3, -0.25) is 4.79 Å². The van der Waals surface area contributed by atoms with Crippen molar-refractivity contribution in [1.82, 2.24) is 5.32 Å². The van der Waals surface area contributed by atoms with E-state index in [-0.39, 0.29) is 23.1 Å². The van der Waals surface area contributed by atoms with Crippen molar-refractivity contribution in [2.75, 3.05) is 0 Å². The first-order chi connectivity index (χ1) is 13.0. The van der Waals surface area contributed by atoms with E-state index in [1.165, 1.54) is 23.9 Å². The third-order valence-corrected chi connectivity index (χ3v) is 4.81. The smallest absolute Gasteiger partial charge is 0.239 e. The molecule has 1 amide bonds. The zero-order chi connectivity index (χ0) is 19.2. The average molecular weight is 385 g/mol. The number of benzene rings is 2. The third-order valence-electron chi connectivity index (χ3n) is 3.74. The van der Waals surface area contributed by atoms with Crippen molar-refractivity contribution in [3.63, 3.8) is 0 Å². The lowest BCUT2D eigenvalue weighted by molar-refractivity contribution is -0.118. The predicted octanol–water partition coefficient (Wildman–Crippen LogP) is 3.78. The lowest BCUT2D eigenvalue weighted by atomic mass is 10.1. The zero-order valence-corrected chi connectivity index (χ0v) is 15.9. The van der Waals surface area contributed by atoms with Gasteiger partial charge < -0.3 is 10.1 Å². The molecule has 5 nitrogen and oxygen atoms in total. The summed E-state index contributed by atoms with van der Waals surface area (Å²) in [6.07, 6.45) is 2.16. The highest BCUT2D eigenvalue weighted by Crippen LogP contribution is 2.23. The maximum Gasteiger partial charge on any atom is 0.239 e. The number of amidine groups is 1. The first-order valence-electron chi connectivity index (χ1n) is 8.60. The van der Waals surface area contributed by atoms with Crippen LogP contribution in [-0.2, 0) is 11.2 Å². The molecule has 1 N–H and O–H groups in total. The van der Waals surface area contributed by atoms with Crippen molar-refractivity contribution in [3.8, 4) is 5.75 Å². The molecular formula is C20H20FN3O2S. The van der Waals surface area contributed by atoms with Crippen LogP contribution in [0.2, 0.25) is 0 Å². The number of nitrogens with one attached hydrogen (secondary N) is 1. The van der Waals surface area contributed by atoms with Gasteiger partial charge in [0.2, 0.25) is 5.91 Å². The fourth-order valence-corrected chi connectivity index (χ4v) is 3.48. The molecule has 1 fully saturated rings. The van der Waals surface area contributed by atoms with Crippen molar-refractivity contribution in [1.29, 1.82) is 0 Å². The Balaban J connectivity index is 1.64. The molecule has 1 heterocycles. The number of ether oxygens (including phenoxy) is 1. The minimum Gasteiger partial charge on any atom is -0.490 e. The number of thioether (sulfide) groups is 1. The Hall–Kier alpha value is -2.67. The summed E-state index contributed by atoms with van der Waals surface area (Å²) in [5.74, 6) is 0.316. The largest absolute Gasteiger partial charge is 0.490 e. The zero-order valence-electron chi connectivity index (χ0n) is 15.1. The number of carbonyl (C=O) groups is 1. The lowest BCUT2D eigenvalue weighted by Gasteiger charge is -2.11. The van der Waals surface area contributed by atoms with Crippen LogP contribution >= 0.6 is 11.8 Å². The monoisotopic (exact) mass is 385 g/mol. The molecular weight excluding hydrogens is 365 g/mol. The van der Waals surface area contributed by atoms with Crippen LogP contribution in [0.3, 0.4) is 0 Å². The van der Waals surface area contributed by atoms with E-state index in [2.05, 4.69) is 15.5 Å². The summed E-state index contributed by atoms with van der Waals surface area (Å²) >= 11 is 1.32. The second-order valence-electron chi connectivity index (χ2n) is 6.28. The second kappa shape index (κ2) is 8.81. The van der Waals surface area contributed by atoms with Crippen molar-refractivity contribution in [2.45, 2.75) is 31.6 Å². The lowest BCUT2D eigenvalue weighted by Crippen LogP contribution is -2.25. The number of para-hydroxylation sites is 1. The van der Waals surface area contributed by atoms with E-state index >= 15 is 0 Å². The Labute approximate surface area is 161 Å². The van der Waals surface area contributed by atoms with Gasteiger partial charge in [0.25, 0.3) is 0 Å². The van der Waals surface area contributed by atoms with E-state index in [9.17, 15) is 9.18 Å². The number of hydrogen-bond donors (Lipinski definition) is 1. The summed E-state index contributed by atoms with van der Waals surface area (Å²) in [6, 6.07) is 13.7. The maximum absolute atomic E-state index is 13.0. The van der Waals surface area contributed by atoms with E-state index in [4.69, 9.17) is 4.74 Å². The maximum atomic E-state index is 13.0. The number of halogens is 1. The molecule has 1 aliphatic heterocycles. The summed E-state index contributed by atoms with van der Waals surface area (Å²) in [6.45, 7) is 3.92. The molecule has 7 heteroatoms. The number of nitrogens with zero attached hydrogens (tertiary/aromatic N) is 2. The summed E-state index contributed by atoms with van der Waals surface area (Å²) in [4.78, 5) is 12.1. The van der Waals surface area contributed by atoms with Crippen LogP contribution < -0.4 is 10.1 Å². The van der Waals surface area contributed by atoms with E-state index in [0.717, 1.165) is 16.9 Å². The Morgan fingerprint density at radius 3 is 2.70 bits per heavy atom. The first kappa shape index (κ1) is 19.1. The summed E-state index contributed by atoms with van der Waals surface area (Å²) in [7, 11) is 0. The minimum absolute atomic E-state index is 0.0581. The van der Waals surface area contributed by atoms with E-state index in [1.54, 1.807) is 18.3 Å². The van der Waals surface area contributed by atoms with Crippen LogP contribution in [0.1, 0.15) is 25.0 Å². The summed E-state index contributed by atoms with van der Waals surface area (Å²) < 4.78 is 18.7. The topological polar surface area (TPSA) is 63.1 Å². The highest BCUT2D eigenvalue weighted by Gasteiger charge is 2.30. The van der Waals surface area contributed by atoms with Crippen molar-refractivity contribution >= 4 is 29.1 Å². The molecule has 1 unspecified atom stereocenters. The normalized spacial score (nSPS) is 18.4. The van der Waals surface area contributed by atoms with Gasteiger partial charge >= 0.3 is 0 Å². The number of rotatable bonds is 6. The molecule has 27 heavy (non-hydrogen) atoms. The van der Waals surface area contributed by atoms with Gasteiger partial charge in [-0.25, -0.2) is 4.39 Å². The van der Waals surface area contributed by atoms with Gasteiger partial charge in [-0.1, -0.05) is 36.0 Å². The SMILES string of the molecule is CC(C)Oc1ccccc1/C=N/N=C1\NC(=O)C(Cc2ccc(F)cc2)S1. The van der Waals surface area contributed by atoms with Crippen molar-refractivity contribution in [2.24, 2.45) is 10.2 Å². The molecule has 0 saturated carbocycles. The van der Waals surface area contributed by atoms with Crippen LogP contribution in [0.25, 0.3) is 0 Å². The number of amides is 1. The molecule has 2 aromatic carbocycles. The van der Waals surface area contributed by atoms with Crippen molar-refractivity contribution < 1.29 is 13.9 Å². The van der Waals surface area contributed by atoms with Gasteiger partial charge in [0.15, 0.2) is 5.17 Å². The Morgan fingerprint density at radius 2 is 1.96 bits per heavy atom. The first-order valence-corrected chi connectivity index (χ1v) is 9.48. The van der Waals surface area contributed by atoms with Gasteiger partial charge in [0.1, 0.15) is 11.6 Å². The molecule has 0 aromatic heterocycles. The third kappa shape index (κ3) is 5.40. The summed E-state index contributed by atoms with van der Waals surface area (Å²) in [5.41, 5.74) is 1.71. The van der Waals surface area contributed by atoms with Crippen LogP contribution in [0.15, 0.2) is 58.7 Å². The highest BCUT2D eigenvalue weighted by atomic mass is 32.2. The van der Waals surface area contributed by atoms with Gasteiger partial charge in [-0.15, -0.1) is 5.10 Å². The van der Waals surface area contributed by atoms with Crippen LogP contribution in [0, 0.1) is 5.82 Å². The molecule has 0 bridgehead atoms. The second-order valence-corrected chi connectivity index (χ2v) is 7.47. The van der Waals surface area contributed by atoms with Crippen LogP contribution in [-0.4, -0.2) is 28.6 Å². The fourth-order valence-electron chi connectivity index (χ4n) is 2.51.